The van der Waals surface area contributed by atoms with Crippen LogP contribution in [0.25, 0.3) is 0 Å². The zero-order chi connectivity index (χ0) is 13.8. The maximum absolute atomic E-state index is 5.64. The van der Waals surface area contributed by atoms with E-state index in [1.807, 2.05) is 24.3 Å². The Morgan fingerprint density at radius 3 is 2.85 bits per heavy atom. The summed E-state index contributed by atoms with van der Waals surface area (Å²) in [5.74, 6) is 1.61. The summed E-state index contributed by atoms with van der Waals surface area (Å²) in [5, 5.41) is 0.995. The summed E-state index contributed by atoms with van der Waals surface area (Å²) in [6.07, 6.45) is 2.64. The van der Waals surface area contributed by atoms with Crippen LogP contribution in [-0.2, 0) is 6.42 Å². The van der Waals surface area contributed by atoms with E-state index in [1.54, 1.807) is 18.0 Å². The van der Waals surface area contributed by atoms with E-state index in [0.29, 0.717) is 19.8 Å². The SMILES string of the molecule is NCCc1cccnc1Sc1ccc2c(c1)OCCO2. The van der Waals surface area contributed by atoms with E-state index in [4.69, 9.17) is 15.2 Å². The minimum absolute atomic E-state index is 0.600. The van der Waals surface area contributed by atoms with Gasteiger partial charge in [0.2, 0.25) is 0 Å². The van der Waals surface area contributed by atoms with E-state index in [1.165, 1.54) is 5.56 Å². The van der Waals surface area contributed by atoms with Crippen LogP contribution in [0, 0.1) is 0 Å². The lowest BCUT2D eigenvalue weighted by Crippen LogP contribution is -2.15. The van der Waals surface area contributed by atoms with Crippen molar-refractivity contribution in [2.24, 2.45) is 5.73 Å². The Hall–Kier alpha value is -1.72. The Labute approximate surface area is 122 Å². The van der Waals surface area contributed by atoms with Crippen LogP contribution < -0.4 is 15.2 Å². The molecule has 0 amide bonds. The fraction of sp³-hybridized carbons (Fsp3) is 0.267. The van der Waals surface area contributed by atoms with Crippen molar-refractivity contribution >= 4 is 11.8 Å². The van der Waals surface area contributed by atoms with Crippen molar-refractivity contribution in [2.45, 2.75) is 16.3 Å². The number of pyridine rings is 1. The van der Waals surface area contributed by atoms with E-state index in [0.717, 1.165) is 27.8 Å². The van der Waals surface area contributed by atoms with Crippen molar-refractivity contribution in [3.8, 4) is 11.5 Å². The van der Waals surface area contributed by atoms with Gasteiger partial charge in [-0.3, -0.25) is 0 Å². The number of aromatic nitrogens is 1. The number of hydrogen-bond donors (Lipinski definition) is 1. The van der Waals surface area contributed by atoms with Crippen LogP contribution in [0.1, 0.15) is 5.56 Å². The summed E-state index contributed by atoms with van der Waals surface area (Å²) >= 11 is 1.62. The number of hydrogen-bond acceptors (Lipinski definition) is 5. The van der Waals surface area contributed by atoms with Gasteiger partial charge in [-0.25, -0.2) is 4.98 Å². The second-order valence-electron chi connectivity index (χ2n) is 4.41. The highest BCUT2D eigenvalue weighted by Gasteiger charge is 2.13. The van der Waals surface area contributed by atoms with Crippen molar-refractivity contribution in [1.82, 2.24) is 4.98 Å². The summed E-state index contributed by atoms with van der Waals surface area (Å²) in [5.41, 5.74) is 6.82. The molecule has 1 aromatic carbocycles. The molecule has 2 aromatic rings. The number of nitrogens with two attached hydrogens (primary N) is 1. The smallest absolute Gasteiger partial charge is 0.162 e. The van der Waals surface area contributed by atoms with Crippen LogP contribution in [0.4, 0.5) is 0 Å². The van der Waals surface area contributed by atoms with Gasteiger partial charge in [-0.1, -0.05) is 17.8 Å². The lowest BCUT2D eigenvalue weighted by Gasteiger charge is -2.18. The van der Waals surface area contributed by atoms with Gasteiger partial charge in [0.25, 0.3) is 0 Å². The summed E-state index contributed by atoms with van der Waals surface area (Å²) in [6, 6.07) is 9.99. The van der Waals surface area contributed by atoms with Gasteiger partial charge in [-0.15, -0.1) is 0 Å². The van der Waals surface area contributed by atoms with Gasteiger partial charge in [0, 0.05) is 11.1 Å². The highest BCUT2D eigenvalue weighted by Crippen LogP contribution is 2.37. The molecule has 0 spiro atoms. The Morgan fingerprint density at radius 2 is 2.00 bits per heavy atom. The minimum atomic E-state index is 0.600. The quantitative estimate of drug-likeness (QED) is 0.936. The van der Waals surface area contributed by atoms with E-state index < -0.39 is 0 Å². The molecule has 2 N–H and O–H groups in total. The highest BCUT2D eigenvalue weighted by atomic mass is 32.2. The molecule has 0 radical (unpaired) electrons. The zero-order valence-corrected chi connectivity index (χ0v) is 11.9. The molecule has 0 bridgehead atoms. The first-order valence-corrected chi connectivity index (χ1v) is 7.40. The van der Waals surface area contributed by atoms with Gasteiger partial charge in [-0.05, 0) is 42.8 Å². The largest absolute Gasteiger partial charge is 0.486 e. The van der Waals surface area contributed by atoms with Crippen molar-refractivity contribution in [2.75, 3.05) is 19.8 Å². The summed E-state index contributed by atoms with van der Waals surface area (Å²) in [6.45, 7) is 1.84. The van der Waals surface area contributed by atoms with Crippen LogP contribution in [0.3, 0.4) is 0 Å². The topological polar surface area (TPSA) is 57.4 Å². The van der Waals surface area contributed by atoms with Gasteiger partial charge in [0.05, 0.1) is 0 Å². The van der Waals surface area contributed by atoms with E-state index in [-0.39, 0.29) is 0 Å². The molecule has 0 aliphatic carbocycles. The van der Waals surface area contributed by atoms with Gasteiger partial charge in [0.15, 0.2) is 11.5 Å². The minimum Gasteiger partial charge on any atom is -0.486 e. The molecule has 20 heavy (non-hydrogen) atoms. The van der Waals surface area contributed by atoms with Gasteiger partial charge >= 0.3 is 0 Å². The second-order valence-corrected chi connectivity index (χ2v) is 5.48. The number of benzene rings is 1. The van der Waals surface area contributed by atoms with Crippen LogP contribution >= 0.6 is 11.8 Å². The first kappa shape index (κ1) is 13.3. The maximum atomic E-state index is 5.64. The predicted octanol–water partition coefficient (Wildman–Crippen LogP) is 2.51. The molecule has 0 fully saturated rings. The molecule has 3 rings (SSSR count). The normalized spacial score (nSPS) is 13.2. The monoisotopic (exact) mass is 288 g/mol. The second kappa shape index (κ2) is 6.15. The molecule has 5 heteroatoms. The Balaban J connectivity index is 1.84. The molecule has 0 saturated heterocycles. The molecule has 4 nitrogen and oxygen atoms in total. The summed E-state index contributed by atoms with van der Waals surface area (Å²) < 4.78 is 11.1. The molecular weight excluding hydrogens is 272 g/mol. The number of ether oxygens (including phenoxy) is 2. The Bertz CT molecular complexity index is 604. The van der Waals surface area contributed by atoms with Crippen molar-refractivity contribution in [3.05, 3.63) is 42.1 Å². The molecule has 1 aliphatic rings. The van der Waals surface area contributed by atoms with Crippen LogP contribution in [0.15, 0.2) is 46.5 Å². The predicted molar refractivity (Wildman–Crippen MR) is 78.6 cm³/mol. The van der Waals surface area contributed by atoms with Gasteiger partial charge < -0.3 is 15.2 Å². The van der Waals surface area contributed by atoms with Crippen LogP contribution in [0.2, 0.25) is 0 Å². The zero-order valence-electron chi connectivity index (χ0n) is 11.0. The highest BCUT2D eigenvalue weighted by molar-refractivity contribution is 7.99. The third-order valence-electron chi connectivity index (χ3n) is 2.99. The lowest BCUT2D eigenvalue weighted by molar-refractivity contribution is 0.171. The van der Waals surface area contributed by atoms with E-state index in [2.05, 4.69) is 11.1 Å². The third-order valence-corrected chi connectivity index (χ3v) is 4.04. The van der Waals surface area contributed by atoms with Crippen molar-refractivity contribution < 1.29 is 9.47 Å². The molecule has 1 aliphatic heterocycles. The molecule has 0 unspecified atom stereocenters. The van der Waals surface area contributed by atoms with Crippen LogP contribution in [-0.4, -0.2) is 24.7 Å². The van der Waals surface area contributed by atoms with Crippen molar-refractivity contribution in [3.63, 3.8) is 0 Å². The molecular formula is C15H16N2O2S. The van der Waals surface area contributed by atoms with Crippen LogP contribution in [0.5, 0.6) is 11.5 Å². The summed E-state index contributed by atoms with van der Waals surface area (Å²) in [4.78, 5) is 5.53. The molecule has 2 heterocycles. The standard InChI is InChI=1S/C15H16N2O2S/c16-6-5-11-2-1-7-17-15(11)20-12-3-4-13-14(10-12)19-9-8-18-13/h1-4,7,10H,5-6,8-9,16H2. The fourth-order valence-electron chi connectivity index (χ4n) is 2.06. The first-order chi connectivity index (χ1) is 9.86. The number of rotatable bonds is 4. The summed E-state index contributed by atoms with van der Waals surface area (Å²) in [7, 11) is 0. The molecule has 1 aromatic heterocycles. The average molecular weight is 288 g/mol. The molecule has 0 atom stereocenters. The number of fused-ring (bicyclic) bond motifs is 1. The Kier molecular flexibility index (Phi) is 4.08. The van der Waals surface area contributed by atoms with Crippen molar-refractivity contribution in [1.29, 1.82) is 0 Å². The maximum Gasteiger partial charge on any atom is 0.162 e. The van der Waals surface area contributed by atoms with E-state index >= 15 is 0 Å². The first-order valence-electron chi connectivity index (χ1n) is 6.58. The average Bonchev–Trinajstić information content (AvgIpc) is 2.49. The molecule has 104 valence electrons. The third kappa shape index (κ3) is 2.89. The van der Waals surface area contributed by atoms with E-state index in [9.17, 15) is 0 Å². The fourth-order valence-corrected chi connectivity index (χ4v) is 3.00. The van der Waals surface area contributed by atoms with Gasteiger partial charge in [0.1, 0.15) is 18.2 Å². The number of nitrogens with zero attached hydrogens (tertiary/aromatic N) is 1. The molecule has 0 saturated carbocycles. The Morgan fingerprint density at radius 1 is 1.15 bits per heavy atom. The lowest BCUT2D eigenvalue weighted by atomic mass is 10.2. The van der Waals surface area contributed by atoms with Gasteiger partial charge in [-0.2, -0.15) is 0 Å².